The second-order valence-corrected chi connectivity index (χ2v) is 13.0. The molecule has 0 N–H and O–H groups in total. The fourth-order valence-electron chi connectivity index (χ4n) is 1.94. The predicted octanol–water partition coefficient (Wildman–Crippen LogP) is 3.28. The molecule has 0 spiro atoms. The van der Waals surface area contributed by atoms with E-state index in [4.69, 9.17) is 8.23 Å². The topological polar surface area (TPSA) is 18.5 Å². The van der Waals surface area contributed by atoms with E-state index < -0.39 is 26.6 Å². The summed E-state index contributed by atoms with van der Waals surface area (Å²) < 4.78 is 12.7. The summed E-state index contributed by atoms with van der Waals surface area (Å²) in [7, 11) is -3.59. The summed E-state index contributed by atoms with van der Waals surface area (Å²) in [6.45, 7) is 11.0. The van der Waals surface area contributed by atoms with E-state index in [0.717, 1.165) is 12.1 Å². The largest absolute Gasteiger partial charge is 0.436 e. The van der Waals surface area contributed by atoms with Crippen LogP contribution in [-0.4, -0.2) is 26.6 Å². The van der Waals surface area contributed by atoms with Crippen LogP contribution in [0, 0.1) is 0 Å². The molecular weight excluding hydrogens is 272 g/mol. The molecule has 0 fully saturated rings. The van der Waals surface area contributed by atoms with Gasteiger partial charge in [0.15, 0.2) is 9.04 Å². The van der Waals surface area contributed by atoms with Crippen molar-refractivity contribution in [2.45, 2.75) is 45.6 Å². The molecule has 0 amide bonds. The minimum atomic E-state index is -1.96. The van der Waals surface area contributed by atoms with Crippen LogP contribution in [0.15, 0.2) is 30.3 Å². The van der Waals surface area contributed by atoms with E-state index in [-0.39, 0.29) is 0 Å². The first-order valence-corrected chi connectivity index (χ1v) is 13.1. The van der Waals surface area contributed by atoms with Crippen molar-refractivity contribution in [3.05, 3.63) is 30.3 Å². The van der Waals surface area contributed by atoms with Gasteiger partial charge in [-0.2, -0.15) is 0 Å². The molecule has 5 heteroatoms. The molecule has 0 aliphatic carbocycles. The molecule has 0 aliphatic heterocycles. The number of benzene rings is 1. The van der Waals surface area contributed by atoms with Crippen molar-refractivity contribution >= 4 is 31.8 Å². The zero-order chi connectivity index (χ0) is 13.6. The minimum absolute atomic E-state index is 0.689. The van der Waals surface area contributed by atoms with Crippen LogP contribution in [0.3, 0.4) is 0 Å². The highest BCUT2D eigenvalue weighted by atomic mass is 28.5. The SMILES string of the molecule is CC[Si](CC)(O[Si](C)C)O[Si](C)c1ccccc1. The Hall–Kier alpha value is -0.209. The van der Waals surface area contributed by atoms with Crippen LogP contribution in [0.25, 0.3) is 0 Å². The van der Waals surface area contributed by atoms with Crippen LogP contribution in [0.1, 0.15) is 13.8 Å². The fourth-order valence-corrected chi connectivity index (χ4v) is 11.6. The average Bonchev–Trinajstić information content (AvgIpc) is 2.38. The van der Waals surface area contributed by atoms with E-state index in [1.807, 2.05) is 0 Å². The van der Waals surface area contributed by atoms with Crippen LogP contribution in [-0.2, 0) is 8.23 Å². The maximum atomic E-state index is 6.48. The van der Waals surface area contributed by atoms with Gasteiger partial charge in [-0.3, -0.25) is 0 Å². The van der Waals surface area contributed by atoms with E-state index >= 15 is 0 Å². The Morgan fingerprint density at radius 3 is 1.94 bits per heavy atom. The molecule has 0 saturated heterocycles. The third-order valence-electron chi connectivity index (χ3n) is 2.99. The molecule has 100 valence electrons. The molecule has 0 bridgehead atoms. The van der Waals surface area contributed by atoms with Crippen LogP contribution in [0.4, 0.5) is 0 Å². The Balaban J connectivity index is 2.77. The molecule has 0 unspecified atom stereocenters. The Morgan fingerprint density at radius 1 is 0.944 bits per heavy atom. The quantitative estimate of drug-likeness (QED) is 0.719. The van der Waals surface area contributed by atoms with Gasteiger partial charge in [0.2, 0.25) is 9.04 Å². The molecule has 2 radical (unpaired) electrons. The molecule has 1 aromatic carbocycles. The highest BCUT2D eigenvalue weighted by Crippen LogP contribution is 2.20. The first kappa shape index (κ1) is 15.8. The van der Waals surface area contributed by atoms with Crippen LogP contribution >= 0.6 is 0 Å². The molecule has 1 aromatic rings. The van der Waals surface area contributed by atoms with Crippen molar-refractivity contribution in [3.8, 4) is 0 Å². The van der Waals surface area contributed by atoms with Crippen molar-refractivity contribution in [1.82, 2.24) is 0 Å². The Morgan fingerprint density at radius 2 is 1.50 bits per heavy atom. The molecule has 0 atom stereocenters. The molecule has 0 aliphatic rings. The third-order valence-corrected chi connectivity index (χ3v) is 12.1. The van der Waals surface area contributed by atoms with E-state index in [2.05, 4.69) is 63.8 Å². The minimum Gasteiger partial charge on any atom is -0.436 e. The molecule has 0 heterocycles. The molecule has 18 heavy (non-hydrogen) atoms. The monoisotopic (exact) mass is 296 g/mol. The van der Waals surface area contributed by atoms with Crippen molar-refractivity contribution < 1.29 is 8.23 Å². The normalized spacial score (nSPS) is 12.4. The van der Waals surface area contributed by atoms with Gasteiger partial charge in [0, 0.05) is 0 Å². The number of hydrogen-bond donors (Lipinski definition) is 0. The lowest BCUT2D eigenvalue weighted by molar-refractivity contribution is 0.397. The van der Waals surface area contributed by atoms with E-state index in [1.165, 1.54) is 5.19 Å². The van der Waals surface area contributed by atoms with Gasteiger partial charge in [0.1, 0.15) is 0 Å². The van der Waals surface area contributed by atoms with Crippen LogP contribution in [0.5, 0.6) is 0 Å². The average molecular weight is 297 g/mol. The van der Waals surface area contributed by atoms with Crippen molar-refractivity contribution in [1.29, 1.82) is 0 Å². The molecule has 1 rings (SSSR count). The maximum absolute atomic E-state index is 6.48. The maximum Gasteiger partial charge on any atom is 0.317 e. The van der Waals surface area contributed by atoms with Gasteiger partial charge in [-0.25, -0.2) is 0 Å². The molecule has 2 nitrogen and oxygen atoms in total. The van der Waals surface area contributed by atoms with Gasteiger partial charge < -0.3 is 8.23 Å². The molecule has 0 aromatic heterocycles. The summed E-state index contributed by atoms with van der Waals surface area (Å²) in [6, 6.07) is 12.7. The van der Waals surface area contributed by atoms with E-state index in [1.54, 1.807) is 0 Å². The lowest BCUT2D eigenvalue weighted by Gasteiger charge is -2.33. The first-order valence-electron chi connectivity index (χ1n) is 6.60. The summed E-state index contributed by atoms with van der Waals surface area (Å²) in [6.07, 6.45) is 0. The number of rotatable bonds is 7. The summed E-state index contributed by atoms with van der Waals surface area (Å²) in [4.78, 5) is 0. The highest BCUT2D eigenvalue weighted by Gasteiger charge is 2.36. The standard InChI is InChI=1S/C13H24O2Si3/c1-6-18(7-2,14-16(3)4)15-17(5)13-11-9-8-10-12-13/h8-12H,6-7H2,1-5H3. The second kappa shape index (κ2) is 7.40. The Labute approximate surface area is 116 Å². The van der Waals surface area contributed by atoms with Crippen LogP contribution in [0.2, 0.25) is 31.7 Å². The Kier molecular flexibility index (Phi) is 6.51. The van der Waals surface area contributed by atoms with Gasteiger partial charge >= 0.3 is 8.56 Å². The summed E-state index contributed by atoms with van der Waals surface area (Å²) in [5, 5.41) is 1.34. The zero-order valence-corrected chi connectivity index (χ0v) is 15.1. The highest BCUT2D eigenvalue weighted by molar-refractivity contribution is 6.83. The number of hydrogen-bond acceptors (Lipinski definition) is 2. The second-order valence-electron chi connectivity index (χ2n) is 4.65. The van der Waals surface area contributed by atoms with Crippen LogP contribution < -0.4 is 5.19 Å². The molecular formula is C13H24O2Si3. The van der Waals surface area contributed by atoms with Gasteiger partial charge in [-0.1, -0.05) is 44.2 Å². The zero-order valence-electron chi connectivity index (χ0n) is 12.1. The Bertz CT molecular complexity index is 339. The van der Waals surface area contributed by atoms with E-state index in [0.29, 0.717) is 0 Å². The van der Waals surface area contributed by atoms with Crippen molar-refractivity contribution in [2.75, 3.05) is 0 Å². The smallest absolute Gasteiger partial charge is 0.317 e. The van der Waals surface area contributed by atoms with Gasteiger partial charge in [0.05, 0.1) is 0 Å². The lowest BCUT2D eigenvalue weighted by atomic mass is 10.4. The predicted molar refractivity (Wildman–Crippen MR) is 84.1 cm³/mol. The lowest BCUT2D eigenvalue weighted by Crippen LogP contribution is -2.50. The van der Waals surface area contributed by atoms with Crippen molar-refractivity contribution in [3.63, 3.8) is 0 Å². The van der Waals surface area contributed by atoms with Gasteiger partial charge in [0.25, 0.3) is 0 Å². The van der Waals surface area contributed by atoms with Gasteiger partial charge in [-0.05, 0) is 36.9 Å². The molecule has 0 saturated carbocycles. The first-order chi connectivity index (χ1) is 8.53. The summed E-state index contributed by atoms with van der Waals surface area (Å²) in [5.41, 5.74) is 0. The third kappa shape index (κ3) is 4.47. The van der Waals surface area contributed by atoms with Crippen molar-refractivity contribution in [2.24, 2.45) is 0 Å². The van der Waals surface area contributed by atoms with Gasteiger partial charge in [-0.15, -0.1) is 0 Å². The fraction of sp³-hybridized carbons (Fsp3) is 0.538. The summed E-state index contributed by atoms with van der Waals surface area (Å²) in [5.74, 6) is 0. The summed E-state index contributed by atoms with van der Waals surface area (Å²) >= 11 is 0. The van der Waals surface area contributed by atoms with E-state index in [9.17, 15) is 0 Å².